The second-order valence-corrected chi connectivity index (χ2v) is 10.4. The highest BCUT2D eigenvalue weighted by atomic mass is 32.2. The topological polar surface area (TPSA) is 95.8 Å². The summed E-state index contributed by atoms with van der Waals surface area (Å²) < 4.78 is 32.3. The number of hydrogen-bond donors (Lipinski definition) is 1. The number of aromatic nitrogens is 1. The van der Waals surface area contributed by atoms with Gasteiger partial charge in [0.1, 0.15) is 5.52 Å². The normalized spacial score (nSPS) is 15.6. The van der Waals surface area contributed by atoms with Gasteiger partial charge in [-0.05, 0) is 63.1 Å². The molecule has 3 aromatic rings. The van der Waals surface area contributed by atoms with Crippen molar-refractivity contribution < 1.29 is 17.6 Å². The van der Waals surface area contributed by atoms with Crippen LogP contribution < -0.4 is 10.2 Å². The van der Waals surface area contributed by atoms with Crippen molar-refractivity contribution >= 4 is 38.7 Å². The molecule has 1 fully saturated rings. The largest absolute Gasteiger partial charge is 0.423 e. The summed E-state index contributed by atoms with van der Waals surface area (Å²) in [4.78, 5) is 19.5. The lowest BCUT2D eigenvalue weighted by Crippen LogP contribution is -2.38. The van der Waals surface area contributed by atoms with E-state index in [4.69, 9.17) is 4.42 Å². The van der Waals surface area contributed by atoms with Crippen molar-refractivity contribution in [3.8, 4) is 0 Å². The summed E-state index contributed by atoms with van der Waals surface area (Å²) in [5, 5.41) is 2.91. The summed E-state index contributed by atoms with van der Waals surface area (Å²) in [6.07, 6.45) is 1.38. The van der Waals surface area contributed by atoms with Crippen LogP contribution in [0.25, 0.3) is 11.1 Å². The molecule has 0 spiro atoms. The lowest BCUT2D eigenvalue weighted by atomic mass is 9.96. The first-order chi connectivity index (χ1) is 15.3. The third-order valence-corrected chi connectivity index (χ3v) is 7.99. The molecule has 1 saturated heterocycles. The van der Waals surface area contributed by atoms with Gasteiger partial charge in [0.2, 0.25) is 15.9 Å². The average molecular weight is 457 g/mol. The lowest BCUT2D eigenvalue weighted by molar-refractivity contribution is -0.120. The van der Waals surface area contributed by atoms with Crippen LogP contribution in [0.2, 0.25) is 0 Å². The zero-order chi connectivity index (χ0) is 22.9. The van der Waals surface area contributed by atoms with Crippen LogP contribution in [0.1, 0.15) is 26.7 Å². The number of amides is 1. The molecule has 0 unspecified atom stereocenters. The van der Waals surface area contributed by atoms with Crippen molar-refractivity contribution in [2.45, 2.75) is 37.6 Å². The Kier molecular flexibility index (Phi) is 6.21. The minimum absolute atomic E-state index is 0.0582. The molecule has 1 amide bonds. The summed E-state index contributed by atoms with van der Waals surface area (Å²) >= 11 is 0. The predicted molar refractivity (Wildman–Crippen MR) is 124 cm³/mol. The number of nitrogens with zero attached hydrogens (tertiary/aromatic N) is 3. The zero-order valence-corrected chi connectivity index (χ0v) is 19.3. The van der Waals surface area contributed by atoms with Gasteiger partial charge in [0.25, 0.3) is 6.01 Å². The number of rotatable bonds is 6. The minimum Gasteiger partial charge on any atom is -0.423 e. The van der Waals surface area contributed by atoms with Crippen molar-refractivity contribution in [1.29, 1.82) is 0 Å². The summed E-state index contributed by atoms with van der Waals surface area (Å²) in [5.74, 6) is -0.178. The molecule has 1 aliphatic heterocycles. The van der Waals surface area contributed by atoms with E-state index in [0.717, 1.165) is 11.1 Å². The Morgan fingerprint density at radius 2 is 1.78 bits per heavy atom. The van der Waals surface area contributed by atoms with Crippen LogP contribution in [0.3, 0.4) is 0 Å². The molecule has 1 aliphatic rings. The molecule has 1 N–H and O–H groups in total. The maximum absolute atomic E-state index is 12.7. The number of fused-ring (bicyclic) bond motifs is 1. The smallest absolute Gasteiger partial charge is 0.298 e. The number of nitrogens with one attached hydrogen (secondary N) is 1. The molecule has 0 bridgehead atoms. The third kappa shape index (κ3) is 4.49. The minimum atomic E-state index is -3.55. The van der Waals surface area contributed by atoms with E-state index in [1.165, 1.54) is 16.4 Å². The van der Waals surface area contributed by atoms with Gasteiger partial charge in [0.15, 0.2) is 5.58 Å². The molecule has 1 aromatic heterocycles. The Morgan fingerprint density at radius 3 is 2.41 bits per heavy atom. The Labute approximate surface area is 188 Å². The fraction of sp³-hybridized carbons (Fsp3) is 0.391. The number of sulfonamides is 1. The van der Waals surface area contributed by atoms with Crippen LogP contribution in [0.4, 0.5) is 11.7 Å². The number of oxazole rings is 1. The standard InChI is InChI=1S/C23H28N4O4S/c1-16(2)26(3)32(29,30)19-10-8-18(9-11-19)24-22(28)17-12-14-27(15-13-17)23-25-20-6-4-5-7-21(20)31-23/h4-11,16-17H,12-15H2,1-3H3,(H,24,28). The van der Waals surface area contributed by atoms with E-state index >= 15 is 0 Å². The van der Waals surface area contributed by atoms with Gasteiger partial charge < -0.3 is 14.6 Å². The summed E-state index contributed by atoms with van der Waals surface area (Å²) in [7, 11) is -1.99. The van der Waals surface area contributed by atoms with E-state index in [2.05, 4.69) is 15.2 Å². The SMILES string of the molecule is CC(C)N(C)S(=O)(=O)c1ccc(NC(=O)C2CCN(c3nc4ccccc4o3)CC2)cc1. The Balaban J connectivity index is 1.35. The van der Waals surface area contributed by atoms with Crippen molar-refractivity contribution in [2.75, 3.05) is 30.4 Å². The molecule has 170 valence electrons. The highest BCUT2D eigenvalue weighted by Gasteiger charge is 2.28. The van der Waals surface area contributed by atoms with E-state index in [-0.39, 0.29) is 22.8 Å². The Morgan fingerprint density at radius 1 is 1.12 bits per heavy atom. The average Bonchev–Trinajstić information content (AvgIpc) is 3.23. The molecule has 8 nitrogen and oxygen atoms in total. The van der Waals surface area contributed by atoms with Crippen molar-refractivity contribution in [3.63, 3.8) is 0 Å². The molecule has 2 aromatic carbocycles. The quantitative estimate of drug-likeness (QED) is 0.607. The van der Waals surface area contributed by atoms with E-state index in [0.29, 0.717) is 37.6 Å². The van der Waals surface area contributed by atoms with Crippen molar-refractivity contribution in [2.24, 2.45) is 5.92 Å². The van der Waals surface area contributed by atoms with Crippen LogP contribution in [0.15, 0.2) is 57.8 Å². The molecular formula is C23H28N4O4S. The highest BCUT2D eigenvalue weighted by molar-refractivity contribution is 7.89. The number of carbonyl (C=O) groups is 1. The predicted octanol–water partition coefficient (Wildman–Crippen LogP) is 3.71. The number of carbonyl (C=O) groups excluding carboxylic acids is 1. The van der Waals surface area contributed by atoms with Crippen molar-refractivity contribution in [1.82, 2.24) is 9.29 Å². The molecule has 2 heterocycles. The maximum Gasteiger partial charge on any atom is 0.298 e. The molecule has 32 heavy (non-hydrogen) atoms. The van der Waals surface area contributed by atoms with Gasteiger partial charge >= 0.3 is 0 Å². The molecule has 4 rings (SSSR count). The first-order valence-electron chi connectivity index (χ1n) is 10.7. The zero-order valence-electron chi connectivity index (χ0n) is 18.5. The van der Waals surface area contributed by atoms with Crippen LogP contribution in [0.5, 0.6) is 0 Å². The molecule has 0 atom stereocenters. The molecule has 9 heteroatoms. The fourth-order valence-electron chi connectivity index (χ4n) is 3.73. The van der Waals surface area contributed by atoms with Gasteiger partial charge in [-0.15, -0.1) is 0 Å². The fourth-order valence-corrected chi connectivity index (χ4v) is 5.09. The van der Waals surface area contributed by atoms with Crippen LogP contribution in [0, 0.1) is 5.92 Å². The maximum atomic E-state index is 12.7. The monoisotopic (exact) mass is 456 g/mol. The van der Waals surface area contributed by atoms with Crippen LogP contribution >= 0.6 is 0 Å². The van der Waals surface area contributed by atoms with Crippen LogP contribution in [-0.4, -0.2) is 49.8 Å². The Bertz CT molecular complexity index is 1160. The van der Waals surface area contributed by atoms with Gasteiger partial charge in [-0.25, -0.2) is 8.42 Å². The van der Waals surface area contributed by atoms with E-state index in [1.54, 1.807) is 19.2 Å². The summed E-state index contributed by atoms with van der Waals surface area (Å²) in [5.41, 5.74) is 2.17. The van der Waals surface area contributed by atoms with Gasteiger partial charge in [-0.2, -0.15) is 9.29 Å². The number of piperidine rings is 1. The van der Waals surface area contributed by atoms with E-state index < -0.39 is 10.0 Å². The number of hydrogen-bond acceptors (Lipinski definition) is 6. The van der Waals surface area contributed by atoms with Gasteiger partial charge in [-0.1, -0.05) is 12.1 Å². The van der Waals surface area contributed by atoms with E-state index in [1.807, 2.05) is 38.1 Å². The van der Waals surface area contributed by atoms with E-state index in [9.17, 15) is 13.2 Å². The van der Waals surface area contributed by atoms with Gasteiger partial charge in [-0.3, -0.25) is 4.79 Å². The molecule has 0 radical (unpaired) electrons. The number of benzene rings is 2. The third-order valence-electron chi connectivity index (χ3n) is 5.94. The lowest BCUT2D eigenvalue weighted by Gasteiger charge is -2.30. The highest BCUT2D eigenvalue weighted by Crippen LogP contribution is 2.27. The Hall–Kier alpha value is -2.91. The molecule has 0 saturated carbocycles. The first kappa shape index (κ1) is 22.3. The van der Waals surface area contributed by atoms with Crippen LogP contribution in [-0.2, 0) is 14.8 Å². The van der Waals surface area contributed by atoms with Gasteiger partial charge in [0, 0.05) is 37.8 Å². The van der Waals surface area contributed by atoms with Crippen molar-refractivity contribution in [3.05, 3.63) is 48.5 Å². The first-order valence-corrected chi connectivity index (χ1v) is 12.2. The molecular weight excluding hydrogens is 428 g/mol. The second kappa shape index (κ2) is 8.91. The summed E-state index contributed by atoms with van der Waals surface area (Å²) in [6, 6.07) is 14.4. The number of anilines is 2. The summed E-state index contributed by atoms with van der Waals surface area (Å²) in [6.45, 7) is 5.01. The molecule has 0 aliphatic carbocycles. The second-order valence-electron chi connectivity index (χ2n) is 8.35. The van der Waals surface area contributed by atoms with Gasteiger partial charge in [0.05, 0.1) is 4.90 Å². The number of para-hydroxylation sites is 2.